The van der Waals surface area contributed by atoms with Crippen LogP contribution in [0.5, 0.6) is 0 Å². The molecular formula is C13H18N4OS. The van der Waals surface area contributed by atoms with E-state index in [-0.39, 0.29) is 5.56 Å². The summed E-state index contributed by atoms with van der Waals surface area (Å²) in [5.41, 5.74) is 1.50. The molecule has 2 rings (SSSR count). The SMILES string of the molecule is CCCCNc1nnc(-c2ccc(C)n(C)c2=O)s1. The molecule has 102 valence electrons. The number of rotatable bonds is 5. The van der Waals surface area contributed by atoms with Gasteiger partial charge in [0, 0.05) is 19.3 Å². The van der Waals surface area contributed by atoms with Crippen LogP contribution in [-0.4, -0.2) is 21.3 Å². The van der Waals surface area contributed by atoms with Gasteiger partial charge in [-0.25, -0.2) is 0 Å². The van der Waals surface area contributed by atoms with E-state index in [0.717, 1.165) is 30.2 Å². The zero-order valence-electron chi connectivity index (χ0n) is 11.4. The van der Waals surface area contributed by atoms with Crippen molar-refractivity contribution in [2.24, 2.45) is 7.05 Å². The molecule has 6 heteroatoms. The van der Waals surface area contributed by atoms with Crippen molar-refractivity contribution in [2.45, 2.75) is 26.7 Å². The van der Waals surface area contributed by atoms with Crippen molar-refractivity contribution in [1.82, 2.24) is 14.8 Å². The van der Waals surface area contributed by atoms with E-state index >= 15 is 0 Å². The molecule has 0 amide bonds. The quantitative estimate of drug-likeness (QED) is 0.853. The molecule has 0 saturated heterocycles. The highest BCUT2D eigenvalue weighted by molar-refractivity contribution is 7.18. The third-order valence-corrected chi connectivity index (χ3v) is 3.93. The molecule has 0 saturated carbocycles. The van der Waals surface area contributed by atoms with Crippen molar-refractivity contribution in [3.63, 3.8) is 0 Å². The number of nitrogens with zero attached hydrogens (tertiary/aromatic N) is 3. The maximum atomic E-state index is 12.1. The minimum absolute atomic E-state index is 0.0312. The predicted molar refractivity (Wildman–Crippen MR) is 78.7 cm³/mol. The Labute approximate surface area is 116 Å². The van der Waals surface area contributed by atoms with Crippen molar-refractivity contribution in [2.75, 3.05) is 11.9 Å². The van der Waals surface area contributed by atoms with Crippen LogP contribution in [0.4, 0.5) is 5.13 Å². The van der Waals surface area contributed by atoms with Crippen LogP contribution >= 0.6 is 11.3 Å². The van der Waals surface area contributed by atoms with Gasteiger partial charge in [0.25, 0.3) is 5.56 Å². The van der Waals surface area contributed by atoms with Crippen LogP contribution in [0.25, 0.3) is 10.6 Å². The van der Waals surface area contributed by atoms with Crippen molar-refractivity contribution in [1.29, 1.82) is 0 Å². The molecule has 5 nitrogen and oxygen atoms in total. The minimum Gasteiger partial charge on any atom is -0.360 e. The summed E-state index contributed by atoms with van der Waals surface area (Å²) in [6.07, 6.45) is 2.23. The van der Waals surface area contributed by atoms with Gasteiger partial charge in [0.05, 0.1) is 5.56 Å². The Morgan fingerprint density at radius 1 is 1.37 bits per heavy atom. The van der Waals surface area contributed by atoms with Crippen LogP contribution in [0.1, 0.15) is 25.5 Å². The van der Waals surface area contributed by atoms with E-state index < -0.39 is 0 Å². The Hall–Kier alpha value is -1.69. The Morgan fingerprint density at radius 2 is 2.16 bits per heavy atom. The highest BCUT2D eigenvalue weighted by Crippen LogP contribution is 2.23. The number of aryl methyl sites for hydroxylation is 1. The standard InChI is InChI=1S/C13H18N4OS/c1-4-5-8-14-13-16-15-11(19-13)10-7-6-9(2)17(3)12(10)18/h6-7H,4-5,8H2,1-3H3,(H,14,16). The van der Waals surface area contributed by atoms with E-state index in [4.69, 9.17) is 0 Å². The molecule has 0 aromatic carbocycles. The molecule has 0 bridgehead atoms. The first-order valence-corrected chi connectivity index (χ1v) is 7.19. The van der Waals surface area contributed by atoms with Gasteiger partial charge in [0.2, 0.25) is 5.13 Å². The summed E-state index contributed by atoms with van der Waals surface area (Å²) in [4.78, 5) is 12.1. The molecule has 0 radical (unpaired) electrons. The van der Waals surface area contributed by atoms with Gasteiger partial charge < -0.3 is 9.88 Å². The molecule has 1 N–H and O–H groups in total. The number of hydrogen-bond donors (Lipinski definition) is 1. The maximum Gasteiger partial charge on any atom is 0.260 e. The average Bonchev–Trinajstić information content (AvgIpc) is 2.85. The van der Waals surface area contributed by atoms with Crippen molar-refractivity contribution in [3.8, 4) is 10.6 Å². The van der Waals surface area contributed by atoms with Crippen LogP contribution in [-0.2, 0) is 7.05 Å². The zero-order chi connectivity index (χ0) is 13.8. The van der Waals surface area contributed by atoms with Gasteiger partial charge >= 0.3 is 0 Å². The first kappa shape index (κ1) is 13.7. The molecule has 0 atom stereocenters. The van der Waals surface area contributed by atoms with E-state index in [2.05, 4.69) is 22.4 Å². The highest BCUT2D eigenvalue weighted by Gasteiger charge is 2.11. The first-order chi connectivity index (χ1) is 9.13. The van der Waals surface area contributed by atoms with Gasteiger partial charge in [-0.3, -0.25) is 4.79 Å². The number of pyridine rings is 1. The van der Waals surface area contributed by atoms with Crippen molar-refractivity contribution >= 4 is 16.5 Å². The average molecular weight is 278 g/mol. The second-order valence-corrected chi connectivity index (χ2v) is 5.42. The molecule has 0 aliphatic rings. The Kier molecular flexibility index (Phi) is 4.31. The number of unbranched alkanes of at least 4 members (excludes halogenated alkanes) is 1. The predicted octanol–water partition coefficient (Wildman–Crippen LogP) is 2.42. The van der Waals surface area contributed by atoms with E-state index in [0.29, 0.717) is 10.6 Å². The molecule has 2 aromatic heterocycles. The van der Waals surface area contributed by atoms with Gasteiger partial charge in [-0.1, -0.05) is 24.7 Å². The molecule has 0 aliphatic heterocycles. The van der Waals surface area contributed by atoms with Crippen LogP contribution in [0.2, 0.25) is 0 Å². The van der Waals surface area contributed by atoms with Crippen LogP contribution in [0, 0.1) is 6.92 Å². The number of nitrogens with one attached hydrogen (secondary N) is 1. The Bertz CT molecular complexity index is 617. The smallest absolute Gasteiger partial charge is 0.260 e. The molecule has 0 unspecified atom stereocenters. The third kappa shape index (κ3) is 3.01. The van der Waals surface area contributed by atoms with E-state index in [1.807, 2.05) is 19.1 Å². The first-order valence-electron chi connectivity index (χ1n) is 6.38. The van der Waals surface area contributed by atoms with Gasteiger partial charge in [0.1, 0.15) is 0 Å². The molecule has 0 spiro atoms. The Morgan fingerprint density at radius 3 is 2.89 bits per heavy atom. The lowest BCUT2D eigenvalue weighted by molar-refractivity contribution is 0.820. The number of hydrogen-bond acceptors (Lipinski definition) is 5. The lowest BCUT2D eigenvalue weighted by Gasteiger charge is -2.03. The lowest BCUT2D eigenvalue weighted by atomic mass is 10.2. The summed E-state index contributed by atoms with van der Waals surface area (Å²) < 4.78 is 1.63. The fraction of sp³-hybridized carbons (Fsp3) is 0.462. The van der Waals surface area contributed by atoms with Crippen LogP contribution < -0.4 is 10.9 Å². The monoisotopic (exact) mass is 278 g/mol. The lowest BCUT2D eigenvalue weighted by Crippen LogP contribution is -2.20. The zero-order valence-corrected chi connectivity index (χ0v) is 12.3. The third-order valence-electron chi connectivity index (χ3n) is 3.02. The van der Waals surface area contributed by atoms with Gasteiger partial charge in [-0.2, -0.15) is 0 Å². The molecule has 0 aliphatic carbocycles. The van der Waals surface area contributed by atoms with Crippen molar-refractivity contribution in [3.05, 3.63) is 28.2 Å². The second-order valence-electron chi connectivity index (χ2n) is 4.45. The highest BCUT2D eigenvalue weighted by atomic mass is 32.1. The summed E-state index contributed by atoms with van der Waals surface area (Å²) in [6.45, 7) is 4.93. The summed E-state index contributed by atoms with van der Waals surface area (Å²) >= 11 is 1.42. The number of aromatic nitrogens is 3. The summed E-state index contributed by atoms with van der Waals surface area (Å²) in [7, 11) is 1.77. The summed E-state index contributed by atoms with van der Waals surface area (Å²) in [6, 6.07) is 3.73. The summed E-state index contributed by atoms with van der Waals surface area (Å²) in [5.74, 6) is 0. The fourth-order valence-electron chi connectivity index (χ4n) is 1.67. The maximum absolute atomic E-state index is 12.1. The van der Waals surface area contributed by atoms with E-state index in [1.165, 1.54) is 11.3 Å². The number of anilines is 1. The summed E-state index contributed by atoms with van der Waals surface area (Å²) in [5, 5.41) is 12.8. The molecule has 2 aromatic rings. The normalized spacial score (nSPS) is 10.7. The molecule has 19 heavy (non-hydrogen) atoms. The van der Waals surface area contributed by atoms with Crippen LogP contribution in [0.15, 0.2) is 16.9 Å². The van der Waals surface area contributed by atoms with Gasteiger partial charge in [-0.15, -0.1) is 10.2 Å². The van der Waals surface area contributed by atoms with Gasteiger partial charge in [-0.05, 0) is 25.5 Å². The van der Waals surface area contributed by atoms with Gasteiger partial charge in [0.15, 0.2) is 5.01 Å². The van der Waals surface area contributed by atoms with E-state index in [9.17, 15) is 4.79 Å². The van der Waals surface area contributed by atoms with E-state index in [1.54, 1.807) is 11.6 Å². The largest absolute Gasteiger partial charge is 0.360 e. The van der Waals surface area contributed by atoms with Crippen LogP contribution in [0.3, 0.4) is 0 Å². The fourth-order valence-corrected chi connectivity index (χ4v) is 2.45. The molecular weight excluding hydrogens is 260 g/mol. The van der Waals surface area contributed by atoms with Crippen molar-refractivity contribution < 1.29 is 0 Å². The molecule has 2 heterocycles. The second kappa shape index (κ2) is 5.97. The molecule has 0 fully saturated rings. The topological polar surface area (TPSA) is 59.8 Å². The Balaban J connectivity index is 2.23. The minimum atomic E-state index is -0.0312.